The molecule has 0 radical (unpaired) electrons. The van der Waals surface area contributed by atoms with Crippen molar-refractivity contribution >= 4 is 0 Å². The summed E-state index contributed by atoms with van der Waals surface area (Å²) in [4.78, 5) is 2.72. The minimum absolute atomic E-state index is 0.516. The van der Waals surface area contributed by atoms with Gasteiger partial charge in [-0.1, -0.05) is 20.8 Å². The Bertz CT molecular complexity index is 188. The molecule has 0 bridgehead atoms. The standard InChI is InChI=1S/C13H25N/c1-13(2,3)12-5-4-8-14(10-12)9-11-6-7-11/h11-12H,4-10H2,1-3H3. The van der Waals surface area contributed by atoms with Crippen molar-refractivity contribution in [2.75, 3.05) is 19.6 Å². The summed E-state index contributed by atoms with van der Waals surface area (Å²) < 4.78 is 0. The Kier molecular flexibility index (Phi) is 2.88. The molecular formula is C13H25N. The van der Waals surface area contributed by atoms with Crippen molar-refractivity contribution in [3.63, 3.8) is 0 Å². The van der Waals surface area contributed by atoms with E-state index in [-0.39, 0.29) is 0 Å². The van der Waals surface area contributed by atoms with Gasteiger partial charge in [0.2, 0.25) is 0 Å². The summed E-state index contributed by atoms with van der Waals surface area (Å²) in [6, 6.07) is 0. The van der Waals surface area contributed by atoms with E-state index in [1.807, 2.05) is 0 Å². The molecule has 0 amide bonds. The predicted octanol–water partition coefficient (Wildman–Crippen LogP) is 3.15. The van der Waals surface area contributed by atoms with Crippen LogP contribution in [0.2, 0.25) is 0 Å². The van der Waals surface area contributed by atoms with Gasteiger partial charge in [-0.05, 0) is 49.5 Å². The van der Waals surface area contributed by atoms with E-state index in [1.54, 1.807) is 0 Å². The Labute approximate surface area is 88.9 Å². The summed E-state index contributed by atoms with van der Waals surface area (Å²) in [5.74, 6) is 1.99. The van der Waals surface area contributed by atoms with Gasteiger partial charge in [-0.25, -0.2) is 0 Å². The lowest BCUT2D eigenvalue weighted by molar-refractivity contribution is 0.0959. The van der Waals surface area contributed by atoms with Gasteiger partial charge < -0.3 is 4.90 Å². The molecule has 82 valence electrons. The molecule has 0 spiro atoms. The molecule has 0 aromatic heterocycles. The van der Waals surface area contributed by atoms with Gasteiger partial charge in [0.05, 0.1) is 0 Å². The maximum absolute atomic E-state index is 2.72. The second kappa shape index (κ2) is 3.84. The number of hydrogen-bond acceptors (Lipinski definition) is 1. The highest BCUT2D eigenvalue weighted by Gasteiger charge is 2.32. The van der Waals surface area contributed by atoms with E-state index in [0.29, 0.717) is 5.41 Å². The van der Waals surface area contributed by atoms with Crippen molar-refractivity contribution < 1.29 is 0 Å². The van der Waals surface area contributed by atoms with Crippen LogP contribution in [0.5, 0.6) is 0 Å². The Hall–Kier alpha value is -0.0400. The summed E-state index contributed by atoms with van der Waals surface area (Å²) in [5.41, 5.74) is 0.516. The first kappa shape index (κ1) is 10.5. The zero-order chi connectivity index (χ0) is 10.2. The van der Waals surface area contributed by atoms with E-state index >= 15 is 0 Å². The maximum atomic E-state index is 2.72. The van der Waals surface area contributed by atoms with Crippen LogP contribution in [0.1, 0.15) is 46.5 Å². The van der Waals surface area contributed by atoms with Crippen LogP contribution in [0.15, 0.2) is 0 Å². The molecule has 0 N–H and O–H groups in total. The molecule has 1 saturated heterocycles. The van der Waals surface area contributed by atoms with Crippen LogP contribution in [0, 0.1) is 17.3 Å². The van der Waals surface area contributed by atoms with Gasteiger partial charge in [0.1, 0.15) is 0 Å². The molecule has 1 aliphatic carbocycles. The van der Waals surface area contributed by atoms with Gasteiger partial charge in [0.25, 0.3) is 0 Å². The molecule has 1 nitrogen and oxygen atoms in total. The monoisotopic (exact) mass is 195 g/mol. The third kappa shape index (κ3) is 2.73. The van der Waals surface area contributed by atoms with Gasteiger partial charge in [-0.3, -0.25) is 0 Å². The molecule has 0 aromatic rings. The van der Waals surface area contributed by atoms with Crippen LogP contribution in [-0.2, 0) is 0 Å². The van der Waals surface area contributed by atoms with Crippen LogP contribution in [-0.4, -0.2) is 24.5 Å². The average Bonchev–Trinajstić information content (AvgIpc) is 2.87. The topological polar surface area (TPSA) is 3.24 Å². The first-order valence-electron chi connectivity index (χ1n) is 6.28. The SMILES string of the molecule is CC(C)(C)C1CCCN(CC2CC2)C1. The van der Waals surface area contributed by atoms with Crippen LogP contribution in [0.3, 0.4) is 0 Å². The maximum Gasteiger partial charge on any atom is 0.00148 e. The van der Waals surface area contributed by atoms with Crippen molar-refractivity contribution in [1.82, 2.24) is 4.90 Å². The number of piperidine rings is 1. The first-order valence-corrected chi connectivity index (χ1v) is 6.28. The van der Waals surface area contributed by atoms with Gasteiger partial charge in [0.15, 0.2) is 0 Å². The lowest BCUT2D eigenvalue weighted by Gasteiger charge is -2.39. The highest BCUT2D eigenvalue weighted by molar-refractivity contribution is 4.84. The van der Waals surface area contributed by atoms with E-state index in [4.69, 9.17) is 0 Å². The molecule has 0 aromatic carbocycles. The van der Waals surface area contributed by atoms with Crippen LogP contribution >= 0.6 is 0 Å². The number of likely N-dealkylation sites (tertiary alicyclic amines) is 1. The summed E-state index contributed by atoms with van der Waals surface area (Å²) >= 11 is 0. The zero-order valence-electron chi connectivity index (χ0n) is 10.1. The quantitative estimate of drug-likeness (QED) is 0.654. The van der Waals surface area contributed by atoms with Crippen molar-refractivity contribution in [2.45, 2.75) is 46.5 Å². The molecule has 1 atom stereocenters. The van der Waals surface area contributed by atoms with Crippen LogP contribution < -0.4 is 0 Å². The van der Waals surface area contributed by atoms with E-state index in [0.717, 1.165) is 11.8 Å². The minimum Gasteiger partial charge on any atom is -0.303 e. The third-order valence-electron chi connectivity index (χ3n) is 3.94. The summed E-state index contributed by atoms with van der Waals surface area (Å²) in [7, 11) is 0. The molecule has 2 rings (SSSR count). The smallest absolute Gasteiger partial charge is 0.00148 e. The van der Waals surface area contributed by atoms with Crippen molar-refractivity contribution in [3.8, 4) is 0 Å². The molecule has 14 heavy (non-hydrogen) atoms. The van der Waals surface area contributed by atoms with Gasteiger partial charge >= 0.3 is 0 Å². The number of hydrogen-bond donors (Lipinski definition) is 0. The molecule has 1 aliphatic heterocycles. The zero-order valence-corrected chi connectivity index (χ0v) is 10.1. The van der Waals surface area contributed by atoms with Gasteiger partial charge in [-0.15, -0.1) is 0 Å². The average molecular weight is 195 g/mol. The van der Waals surface area contributed by atoms with Crippen LogP contribution in [0.4, 0.5) is 0 Å². The highest BCUT2D eigenvalue weighted by Crippen LogP contribution is 2.35. The molecule has 1 heterocycles. The molecule has 1 unspecified atom stereocenters. The minimum atomic E-state index is 0.516. The number of rotatable bonds is 2. The van der Waals surface area contributed by atoms with Gasteiger partial charge in [-0.2, -0.15) is 0 Å². The molecule has 2 aliphatic rings. The van der Waals surface area contributed by atoms with Gasteiger partial charge in [0, 0.05) is 13.1 Å². The Balaban J connectivity index is 1.83. The number of nitrogens with zero attached hydrogens (tertiary/aromatic N) is 1. The second-order valence-corrected chi connectivity index (χ2v) is 6.41. The lowest BCUT2D eigenvalue weighted by atomic mass is 9.76. The van der Waals surface area contributed by atoms with Crippen molar-refractivity contribution in [3.05, 3.63) is 0 Å². The molecule has 1 heteroatoms. The van der Waals surface area contributed by atoms with Crippen molar-refractivity contribution in [2.24, 2.45) is 17.3 Å². The van der Waals surface area contributed by atoms with E-state index < -0.39 is 0 Å². The van der Waals surface area contributed by atoms with E-state index in [9.17, 15) is 0 Å². The van der Waals surface area contributed by atoms with Crippen molar-refractivity contribution in [1.29, 1.82) is 0 Å². The molecule has 1 saturated carbocycles. The summed E-state index contributed by atoms with van der Waals surface area (Å²) in [5, 5.41) is 0. The highest BCUT2D eigenvalue weighted by atomic mass is 15.1. The molecular weight excluding hydrogens is 170 g/mol. The predicted molar refractivity (Wildman–Crippen MR) is 61.3 cm³/mol. The first-order chi connectivity index (χ1) is 6.55. The Morgan fingerprint density at radius 3 is 2.43 bits per heavy atom. The third-order valence-corrected chi connectivity index (χ3v) is 3.94. The fraction of sp³-hybridized carbons (Fsp3) is 1.00. The van der Waals surface area contributed by atoms with Crippen LogP contribution in [0.25, 0.3) is 0 Å². The summed E-state index contributed by atoms with van der Waals surface area (Å²) in [6.07, 6.45) is 5.87. The fourth-order valence-electron chi connectivity index (χ4n) is 2.59. The largest absolute Gasteiger partial charge is 0.303 e. The van der Waals surface area contributed by atoms with E-state index in [1.165, 1.54) is 45.3 Å². The lowest BCUT2D eigenvalue weighted by Crippen LogP contribution is -2.41. The Morgan fingerprint density at radius 2 is 1.86 bits per heavy atom. The van der Waals surface area contributed by atoms with E-state index in [2.05, 4.69) is 25.7 Å². The second-order valence-electron chi connectivity index (χ2n) is 6.41. The normalized spacial score (nSPS) is 30.6. The fourth-order valence-corrected chi connectivity index (χ4v) is 2.59. The Morgan fingerprint density at radius 1 is 1.14 bits per heavy atom. The molecule has 2 fully saturated rings. The summed E-state index contributed by atoms with van der Waals surface area (Å²) in [6.45, 7) is 11.3.